The maximum atomic E-state index is 13.6. The quantitative estimate of drug-likeness (QED) is 0.456. The smallest absolute Gasteiger partial charge is 0.255 e. The number of allylic oxidation sites excluding steroid dienone is 1. The topological polar surface area (TPSA) is 59.0 Å². The Morgan fingerprint density at radius 2 is 1.93 bits per heavy atom. The van der Waals surface area contributed by atoms with E-state index in [2.05, 4.69) is 40.3 Å². The molecule has 0 fully saturated rings. The number of amides is 1. The van der Waals surface area contributed by atoms with Gasteiger partial charge in [-0.15, -0.1) is 11.3 Å². The second-order valence-corrected chi connectivity index (χ2v) is 8.63. The van der Waals surface area contributed by atoms with Crippen molar-refractivity contribution in [3.05, 3.63) is 87.3 Å². The maximum Gasteiger partial charge on any atom is 0.255 e. The molecule has 5 rings (SSSR count). The van der Waals surface area contributed by atoms with E-state index < -0.39 is 0 Å². The van der Waals surface area contributed by atoms with E-state index in [4.69, 9.17) is 4.98 Å². The van der Waals surface area contributed by atoms with Gasteiger partial charge in [-0.05, 0) is 56.0 Å². The van der Waals surface area contributed by atoms with Crippen LogP contribution in [0.25, 0.3) is 11.0 Å². The number of carbonyl (C=O) groups excluding carboxylic acids is 1. The van der Waals surface area contributed by atoms with Gasteiger partial charge in [0.1, 0.15) is 6.04 Å². The summed E-state index contributed by atoms with van der Waals surface area (Å²) in [6, 6.07) is 18.0. The standard InChI is InChI=1S/C24H22N4OS/c1-14-10-11-17(15(2)13-14)26-23(29)21-16(3)25-24-27-18-7-4-5-8-19(18)28(24)22(21)20-9-6-12-30-20/h4-13,22H,1-3H3,(H,25,27)(H,26,29)/t22-/m1/s1. The normalized spacial score (nSPS) is 15.8. The molecule has 0 aliphatic carbocycles. The maximum absolute atomic E-state index is 13.6. The van der Waals surface area contributed by atoms with Gasteiger partial charge in [0.05, 0.1) is 16.6 Å². The molecule has 0 unspecified atom stereocenters. The Balaban J connectivity index is 1.63. The van der Waals surface area contributed by atoms with Gasteiger partial charge in [-0.3, -0.25) is 9.36 Å². The highest BCUT2D eigenvalue weighted by atomic mass is 32.1. The third-order valence-electron chi connectivity index (χ3n) is 5.52. The number of hydrogen-bond donors (Lipinski definition) is 2. The number of anilines is 2. The fraction of sp³-hybridized carbons (Fsp3) is 0.167. The molecular weight excluding hydrogens is 392 g/mol. The Morgan fingerprint density at radius 1 is 1.10 bits per heavy atom. The lowest BCUT2D eigenvalue weighted by Gasteiger charge is -2.30. The number of para-hydroxylation sites is 2. The summed E-state index contributed by atoms with van der Waals surface area (Å²) >= 11 is 1.65. The van der Waals surface area contributed by atoms with Crippen LogP contribution < -0.4 is 10.6 Å². The van der Waals surface area contributed by atoms with E-state index in [-0.39, 0.29) is 11.9 Å². The molecule has 1 aliphatic rings. The van der Waals surface area contributed by atoms with Gasteiger partial charge in [0.2, 0.25) is 5.95 Å². The molecule has 5 nitrogen and oxygen atoms in total. The Bertz CT molecular complexity index is 1300. The number of thiophene rings is 1. The van der Waals surface area contributed by atoms with Crippen LogP contribution in [0.5, 0.6) is 0 Å². The van der Waals surface area contributed by atoms with Crippen molar-refractivity contribution in [2.75, 3.05) is 10.6 Å². The number of fused-ring (bicyclic) bond motifs is 3. The monoisotopic (exact) mass is 414 g/mol. The Kier molecular flexibility index (Phi) is 4.44. The van der Waals surface area contributed by atoms with E-state index in [0.29, 0.717) is 5.57 Å². The van der Waals surface area contributed by atoms with Crippen LogP contribution in [0, 0.1) is 13.8 Å². The number of nitrogens with zero attached hydrogens (tertiary/aromatic N) is 2. The molecule has 2 N–H and O–H groups in total. The van der Waals surface area contributed by atoms with Gasteiger partial charge in [-0.2, -0.15) is 0 Å². The molecule has 1 amide bonds. The van der Waals surface area contributed by atoms with Crippen LogP contribution >= 0.6 is 11.3 Å². The Labute approximate surface area is 179 Å². The molecule has 4 aromatic rings. The first-order valence-electron chi connectivity index (χ1n) is 9.89. The number of hydrogen-bond acceptors (Lipinski definition) is 4. The molecule has 0 spiro atoms. The summed E-state index contributed by atoms with van der Waals surface area (Å²) in [5.74, 6) is 0.656. The van der Waals surface area contributed by atoms with Crippen LogP contribution in [0.1, 0.15) is 29.0 Å². The summed E-state index contributed by atoms with van der Waals surface area (Å²) in [4.78, 5) is 19.4. The average Bonchev–Trinajstić information content (AvgIpc) is 3.36. The van der Waals surface area contributed by atoms with Crippen LogP contribution in [0.4, 0.5) is 11.6 Å². The van der Waals surface area contributed by atoms with Gasteiger partial charge < -0.3 is 10.6 Å². The number of nitrogens with one attached hydrogen (secondary N) is 2. The summed E-state index contributed by atoms with van der Waals surface area (Å²) in [6.07, 6.45) is 0. The molecule has 2 aromatic heterocycles. The Hall–Kier alpha value is -3.38. The van der Waals surface area contributed by atoms with E-state index in [0.717, 1.165) is 38.8 Å². The van der Waals surface area contributed by atoms with Crippen LogP contribution in [-0.2, 0) is 4.79 Å². The highest BCUT2D eigenvalue weighted by Crippen LogP contribution is 2.41. The van der Waals surface area contributed by atoms with Crippen molar-refractivity contribution in [1.29, 1.82) is 0 Å². The first-order chi connectivity index (χ1) is 14.5. The van der Waals surface area contributed by atoms with Crippen molar-refractivity contribution >= 4 is 39.9 Å². The third-order valence-corrected chi connectivity index (χ3v) is 6.44. The number of benzene rings is 2. The number of aromatic nitrogens is 2. The van der Waals surface area contributed by atoms with Crippen molar-refractivity contribution in [3.63, 3.8) is 0 Å². The largest absolute Gasteiger partial charge is 0.329 e. The summed E-state index contributed by atoms with van der Waals surface area (Å²) in [5.41, 5.74) is 6.48. The molecule has 3 heterocycles. The lowest BCUT2D eigenvalue weighted by molar-refractivity contribution is -0.113. The molecule has 6 heteroatoms. The number of carbonyl (C=O) groups is 1. The molecule has 2 aromatic carbocycles. The fourth-order valence-corrected chi connectivity index (χ4v) is 4.94. The van der Waals surface area contributed by atoms with Crippen molar-refractivity contribution in [2.24, 2.45) is 0 Å². The molecule has 1 atom stereocenters. The van der Waals surface area contributed by atoms with Gasteiger partial charge in [-0.1, -0.05) is 35.9 Å². The number of rotatable bonds is 3. The van der Waals surface area contributed by atoms with E-state index in [1.807, 2.05) is 55.6 Å². The fourth-order valence-electron chi connectivity index (χ4n) is 4.12. The second kappa shape index (κ2) is 7.15. The van der Waals surface area contributed by atoms with Crippen LogP contribution in [-0.4, -0.2) is 15.5 Å². The van der Waals surface area contributed by atoms with Gasteiger partial charge in [0.25, 0.3) is 5.91 Å². The van der Waals surface area contributed by atoms with Crippen molar-refractivity contribution < 1.29 is 4.79 Å². The van der Waals surface area contributed by atoms with E-state index in [1.165, 1.54) is 5.56 Å². The predicted molar refractivity (Wildman–Crippen MR) is 123 cm³/mol. The molecule has 1 aliphatic heterocycles. The van der Waals surface area contributed by atoms with Crippen LogP contribution in [0.15, 0.2) is 71.2 Å². The van der Waals surface area contributed by atoms with Crippen molar-refractivity contribution in [2.45, 2.75) is 26.8 Å². The van der Waals surface area contributed by atoms with E-state index in [9.17, 15) is 4.79 Å². The predicted octanol–water partition coefficient (Wildman–Crippen LogP) is 5.64. The lowest BCUT2D eigenvalue weighted by Crippen LogP contribution is -2.30. The molecule has 0 saturated carbocycles. The minimum Gasteiger partial charge on any atom is -0.329 e. The molecule has 30 heavy (non-hydrogen) atoms. The minimum atomic E-state index is -0.237. The highest BCUT2D eigenvalue weighted by Gasteiger charge is 2.34. The number of imidazole rings is 1. The van der Waals surface area contributed by atoms with Gasteiger partial charge >= 0.3 is 0 Å². The SMILES string of the molecule is CC1=C(C(=O)Nc2ccc(C)cc2C)[C@@H](c2cccs2)n2c(nc3ccccc32)N1. The van der Waals surface area contributed by atoms with Gasteiger partial charge in [0.15, 0.2) is 0 Å². The molecule has 0 bridgehead atoms. The summed E-state index contributed by atoms with van der Waals surface area (Å²) in [5, 5.41) is 8.54. The third kappa shape index (κ3) is 3.00. The zero-order valence-corrected chi connectivity index (χ0v) is 17.9. The van der Waals surface area contributed by atoms with Crippen LogP contribution in [0.2, 0.25) is 0 Å². The van der Waals surface area contributed by atoms with Crippen molar-refractivity contribution in [3.8, 4) is 0 Å². The highest BCUT2D eigenvalue weighted by molar-refractivity contribution is 7.10. The van der Waals surface area contributed by atoms with E-state index >= 15 is 0 Å². The zero-order valence-electron chi connectivity index (χ0n) is 17.1. The second-order valence-electron chi connectivity index (χ2n) is 7.65. The summed E-state index contributed by atoms with van der Waals surface area (Å²) in [6.45, 7) is 6.01. The first-order valence-corrected chi connectivity index (χ1v) is 10.8. The summed E-state index contributed by atoms with van der Waals surface area (Å²) in [7, 11) is 0. The summed E-state index contributed by atoms with van der Waals surface area (Å²) < 4.78 is 2.13. The number of aryl methyl sites for hydroxylation is 2. The van der Waals surface area contributed by atoms with E-state index in [1.54, 1.807) is 11.3 Å². The lowest BCUT2D eigenvalue weighted by atomic mass is 9.99. The minimum absolute atomic E-state index is 0.103. The van der Waals surface area contributed by atoms with Gasteiger partial charge in [-0.25, -0.2) is 4.98 Å². The molecular formula is C24H22N4OS. The zero-order chi connectivity index (χ0) is 20.8. The average molecular weight is 415 g/mol. The Morgan fingerprint density at radius 3 is 2.70 bits per heavy atom. The van der Waals surface area contributed by atoms with Crippen molar-refractivity contribution in [1.82, 2.24) is 9.55 Å². The molecule has 0 radical (unpaired) electrons. The van der Waals surface area contributed by atoms with Crippen LogP contribution in [0.3, 0.4) is 0 Å². The first kappa shape index (κ1) is 18.6. The molecule has 150 valence electrons. The molecule has 0 saturated heterocycles. The van der Waals surface area contributed by atoms with Gasteiger partial charge in [0, 0.05) is 16.3 Å².